The van der Waals surface area contributed by atoms with Crippen LogP contribution < -0.4 is 16.0 Å². The van der Waals surface area contributed by atoms with E-state index in [9.17, 15) is 13.6 Å². The molecule has 31 heavy (non-hydrogen) atoms. The number of nitrogens with zero attached hydrogens (tertiary/aromatic N) is 5. The molecule has 0 radical (unpaired) electrons. The van der Waals surface area contributed by atoms with Crippen LogP contribution >= 0.6 is 0 Å². The molecule has 1 aromatic heterocycles. The number of rotatable bonds is 3. The number of anilines is 2. The van der Waals surface area contributed by atoms with E-state index >= 15 is 0 Å². The predicted octanol–water partition coefficient (Wildman–Crippen LogP) is 0.590. The summed E-state index contributed by atoms with van der Waals surface area (Å²) in [6.45, 7) is 2.98. The Morgan fingerprint density at radius 3 is 2.74 bits per heavy atom. The van der Waals surface area contributed by atoms with Crippen LogP contribution in [0.3, 0.4) is 0 Å². The van der Waals surface area contributed by atoms with Gasteiger partial charge in [0.15, 0.2) is 5.82 Å². The van der Waals surface area contributed by atoms with Crippen LogP contribution in [-0.2, 0) is 9.53 Å². The van der Waals surface area contributed by atoms with Crippen molar-refractivity contribution < 1.29 is 18.3 Å². The van der Waals surface area contributed by atoms with Gasteiger partial charge in [-0.05, 0) is 12.8 Å². The van der Waals surface area contributed by atoms with Crippen LogP contribution in [0.25, 0.3) is 0 Å². The van der Waals surface area contributed by atoms with Gasteiger partial charge in [0.2, 0.25) is 5.91 Å². The lowest BCUT2D eigenvalue weighted by molar-refractivity contribution is -0.124. The summed E-state index contributed by atoms with van der Waals surface area (Å²) in [5.74, 6) is -1.24. The Morgan fingerprint density at radius 1 is 1.32 bits per heavy atom. The average molecular weight is 435 g/mol. The molecule has 1 amide bonds. The highest BCUT2D eigenvalue weighted by molar-refractivity contribution is 6.11. The van der Waals surface area contributed by atoms with Gasteiger partial charge in [-0.25, -0.2) is 13.8 Å². The number of hydrogen-bond donors (Lipinski definition) is 2. The standard InChI is InChI=1S/C20H27F2N7O2/c1-27-17(23)15(18-25-6-12(21)9-29(18)27)19(30)26-14-8-24-7-13(22)16(14)28-4-2-20(3-5-28)10-31-11-20/h7-8,12,15,17H,2-6,9-11,23H2,1H3,(H,26,30). The molecule has 4 aliphatic rings. The van der Waals surface area contributed by atoms with E-state index in [2.05, 4.69) is 15.3 Å². The zero-order valence-electron chi connectivity index (χ0n) is 17.4. The molecule has 3 atom stereocenters. The van der Waals surface area contributed by atoms with Crippen LogP contribution in [0.15, 0.2) is 17.4 Å². The normalized spacial score (nSPS) is 30.1. The second kappa shape index (κ2) is 7.64. The molecule has 9 nitrogen and oxygen atoms in total. The number of fused-ring (bicyclic) bond motifs is 1. The SMILES string of the molecule is CN1C(N)C(C(=O)Nc2cncc(F)c2N2CCC3(CC2)COC3)C2=NCC(F)CN21. The molecule has 0 aromatic carbocycles. The molecule has 0 bridgehead atoms. The Bertz CT molecular complexity index is 900. The van der Waals surface area contributed by atoms with Gasteiger partial charge in [-0.3, -0.25) is 19.8 Å². The number of piperidine rings is 1. The number of aromatic nitrogens is 1. The first-order valence-corrected chi connectivity index (χ1v) is 10.6. The molecule has 1 aromatic rings. The number of hydrogen-bond acceptors (Lipinski definition) is 8. The van der Waals surface area contributed by atoms with Crippen molar-refractivity contribution in [1.82, 2.24) is 15.0 Å². The first kappa shape index (κ1) is 20.5. The molecule has 4 aliphatic heterocycles. The summed E-state index contributed by atoms with van der Waals surface area (Å²) in [6, 6.07) is 0. The van der Waals surface area contributed by atoms with E-state index in [4.69, 9.17) is 10.5 Å². The van der Waals surface area contributed by atoms with Gasteiger partial charge in [0.1, 0.15) is 23.6 Å². The maximum Gasteiger partial charge on any atom is 0.238 e. The molecule has 11 heteroatoms. The van der Waals surface area contributed by atoms with E-state index in [1.807, 2.05) is 4.90 Å². The molecular formula is C20H27F2N7O2. The van der Waals surface area contributed by atoms with Gasteiger partial charge in [0, 0.05) is 25.6 Å². The highest BCUT2D eigenvalue weighted by Gasteiger charge is 2.47. The van der Waals surface area contributed by atoms with Crippen molar-refractivity contribution in [2.75, 3.05) is 56.7 Å². The summed E-state index contributed by atoms with van der Waals surface area (Å²) < 4.78 is 34.0. The Morgan fingerprint density at radius 2 is 2.06 bits per heavy atom. The van der Waals surface area contributed by atoms with Crippen LogP contribution in [0.5, 0.6) is 0 Å². The highest BCUT2D eigenvalue weighted by Crippen LogP contribution is 2.41. The number of carbonyl (C=O) groups is 1. The maximum atomic E-state index is 14.8. The van der Waals surface area contributed by atoms with Crippen LogP contribution in [0.2, 0.25) is 0 Å². The molecule has 3 fully saturated rings. The van der Waals surface area contributed by atoms with E-state index in [-0.39, 0.29) is 18.5 Å². The molecule has 0 saturated carbocycles. The molecule has 3 saturated heterocycles. The van der Waals surface area contributed by atoms with Crippen LogP contribution in [0.4, 0.5) is 20.2 Å². The Labute approximate surface area is 179 Å². The summed E-state index contributed by atoms with van der Waals surface area (Å²) >= 11 is 0. The number of hydrazine groups is 1. The van der Waals surface area contributed by atoms with Crippen molar-refractivity contribution in [3.8, 4) is 0 Å². The molecular weight excluding hydrogens is 408 g/mol. The van der Waals surface area contributed by atoms with Gasteiger partial charge in [0.05, 0.1) is 50.6 Å². The minimum Gasteiger partial charge on any atom is -0.380 e. The maximum absolute atomic E-state index is 14.8. The Balaban J connectivity index is 1.37. The third-order valence-corrected chi connectivity index (χ3v) is 6.89. The number of halogens is 2. The summed E-state index contributed by atoms with van der Waals surface area (Å²) in [5, 5.41) is 6.06. The predicted molar refractivity (Wildman–Crippen MR) is 111 cm³/mol. The summed E-state index contributed by atoms with van der Waals surface area (Å²) in [4.78, 5) is 23.3. The smallest absolute Gasteiger partial charge is 0.238 e. The van der Waals surface area contributed by atoms with E-state index in [0.717, 1.165) is 32.3 Å². The number of aliphatic imine (C=N–C) groups is 1. The quantitative estimate of drug-likeness (QED) is 0.717. The fraction of sp³-hybridized carbons (Fsp3) is 0.650. The zero-order valence-corrected chi connectivity index (χ0v) is 17.4. The number of nitrogens with two attached hydrogens (primary N) is 1. The largest absolute Gasteiger partial charge is 0.380 e. The summed E-state index contributed by atoms with van der Waals surface area (Å²) in [6.07, 6.45) is 2.64. The summed E-state index contributed by atoms with van der Waals surface area (Å²) in [5.41, 5.74) is 7.10. The molecule has 3 unspecified atom stereocenters. The molecule has 1 spiro atoms. The van der Waals surface area contributed by atoms with Gasteiger partial charge >= 0.3 is 0 Å². The fourth-order valence-electron chi connectivity index (χ4n) is 4.90. The number of amides is 1. The van der Waals surface area contributed by atoms with Gasteiger partial charge in [-0.1, -0.05) is 0 Å². The first-order valence-electron chi connectivity index (χ1n) is 10.6. The zero-order chi connectivity index (χ0) is 21.8. The number of pyridine rings is 1. The van der Waals surface area contributed by atoms with Gasteiger partial charge in [0.25, 0.3) is 0 Å². The van der Waals surface area contributed by atoms with Gasteiger partial charge in [-0.2, -0.15) is 0 Å². The Hall–Kier alpha value is -2.37. The second-order valence-electron chi connectivity index (χ2n) is 8.91. The third kappa shape index (κ3) is 3.44. The van der Waals surface area contributed by atoms with Crippen molar-refractivity contribution in [3.05, 3.63) is 18.2 Å². The molecule has 5 heterocycles. The highest BCUT2D eigenvalue weighted by atomic mass is 19.1. The average Bonchev–Trinajstić information content (AvgIpc) is 2.97. The molecule has 3 N–H and O–H groups in total. The van der Waals surface area contributed by atoms with Gasteiger partial charge < -0.3 is 20.7 Å². The minimum atomic E-state index is -1.11. The van der Waals surface area contributed by atoms with Crippen molar-refractivity contribution in [2.24, 2.45) is 22.1 Å². The third-order valence-electron chi connectivity index (χ3n) is 6.89. The summed E-state index contributed by atoms with van der Waals surface area (Å²) in [7, 11) is 1.70. The second-order valence-corrected chi connectivity index (χ2v) is 8.91. The first-order chi connectivity index (χ1) is 14.9. The monoisotopic (exact) mass is 435 g/mol. The van der Waals surface area contributed by atoms with Crippen LogP contribution in [0, 0.1) is 17.2 Å². The number of alkyl halides is 1. The number of amidine groups is 1. The Kier molecular flexibility index (Phi) is 5.06. The van der Waals surface area contributed by atoms with Crippen LogP contribution in [0.1, 0.15) is 12.8 Å². The number of carbonyl (C=O) groups excluding carboxylic acids is 1. The van der Waals surface area contributed by atoms with Crippen molar-refractivity contribution in [2.45, 2.75) is 25.2 Å². The van der Waals surface area contributed by atoms with Crippen molar-refractivity contribution >= 4 is 23.1 Å². The van der Waals surface area contributed by atoms with Gasteiger partial charge in [-0.15, -0.1) is 0 Å². The van der Waals surface area contributed by atoms with Crippen molar-refractivity contribution in [1.29, 1.82) is 0 Å². The molecule has 5 rings (SSSR count). The van der Waals surface area contributed by atoms with E-state index in [0.29, 0.717) is 30.3 Å². The minimum absolute atomic E-state index is 0.00217. The topological polar surface area (TPSA) is 99.3 Å². The lowest BCUT2D eigenvalue weighted by atomic mass is 9.77. The van der Waals surface area contributed by atoms with E-state index < -0.39 is 30.0 Å². The number of ether oxygens (including phenoxy) is 1. The van der Waals surface area contributed by atoms with Crippen LogP contribution in [-0.4, -0.2) is 85.5 Å². The lowest BCUT2D eigenvalue weighted by Crippen LogP contribution is -2.51. The fourth-order valence-corrected chi connectivity index (χ4v) is 4.90. The van der Waals surface area contributed by atoms with E-state index in [1.165, 1.54) is 6.20 Å². The lowest BCUT2D eigenvalue weighted by Gasteiger charge is -2.48. The van der Waals surface area contributed by atoms with Crippen molar-refractivity contribution in [3.63, 3.8) is 0 Å². The number of nitrogens with one attached hydrogen (secondary N) is 1. The molecule has 168 valence electrons. The molecule has 0 aliphatic carbocycles. The van der Waals surface area contributed by atoms with E-state index in [1.54, 1.807) is 17.1 Å².